The van der Waals surface area contributed by atoms with E-state index in [2.05, 4.69) is 43.7 Å². The fourth-order valence-electron chi connectivity index (χ4n) is 0.770. The molecule has 0 heterocycles. The number of hydrogen-bond donors (Lipinski definition) is 0. The van der Waals surface area contributed by atoms with Gasteiger partial charge in [0.2, 0.25) is 0 Å². The second-order valence-corrected chi connectivity index (χ2v) is 3.86. The third kappa shape index (κ3) is 2.69. The van der Waals surface area contributed by atoms with Gasteiger partial charge in [0.1, 0.15) is 0 Å². The first kappa shape index (κ1) is 8.83. The van der Waals surface area contributed by atoms with Crippen LogP contribution in [-0.4, -0.2) is 0 Å². The van der Waals surface area contributed by atoms with Crippen LogP contribution in [0.1, 0.15) is 12.5 Å². The van der Waals surface area contributed by atoms with Gasteiger partial charge in [-0.2, -0.15) is 0 Å². The van der Waals surface area contributed by atoms with Crippen LogP contribution in [0.4, 0.5) is 0 Å². The van der Waals surface area contributed by atoms with Gasteiger partial charge in [0.05, 0.1) is 0 Å². The molecule has 0 aliphatic heterocycles. The Morgan fingerprint density at radius 1 is 1.09 bits per heavy atom. The molecule has 11 heavy (non-hydrogen) atoms. The van der Waals surface area contributed by atoms with E-state index in [4.69, 9.17) is 0 Å². The normalized spacial score (nSPS) is 8.64. The molecule has 0 nitrogen and oxygen atoms in total. The van der Waals surface area contributed by atoms with E-state index in [9.17, 15) is 0 Å². The maximum Gasteiger partial charge on any atom is 0.0267 e. The summed E-state index contributed by atoms with van der Waals surface area (Å²) >= 11 is 6.77. The van der Waals surface area contributed by atoms with E-state index in [1.165, 1.54) is 0 Å². The number of hydrogen-bond acceptors (Lipinski definition) is 0. The van der Waals surface area contributed by atoms with Crippen LogP contribution in [0, 0.1) is 11.8 Å². The Morgan fingerprint density at radius 2 is 1.64 bits per heavy atom. The van der Waals surface area contributed by atoms with E-state index in [1.807, 2.05) is 25.1 Å². The molecule has 2 heteroatoms. The van der Waals surface area contributed by atoms with Crippen molar-refractivity contribution < 1.29 is 0 Å². The van der Waals surface area contributed by atoms with Crippen LogP contribution in [0.3, 0.4) is 0 Å². The van der Waals surface area contributed by atoms with Gasteiger partial charge in [0.25, 0.3) is 0 Å². The lowest BCUT2D eigenvalue weighted by molar-refractivity contribution is 1.56. The summed E-state index contributed by atoms with van der Waals surface area (Å²) in [5.41, 5.74) is 1.02. The SMILES string of the molecule is CC#Cc1cc(Br)cc(Br)c1. The van der Waals surface area contributed by atoms with Crippen molar-refractivity contribution in [2.75, 3.05) is 0 Å². The maximum atomic E-state index is 3.39. The van der Waals surface area contributed by atoms with Crippen LogP contribution in [0.15, 0.2) is 27.1 Å². The van der Waals surface area contributed by atoms with E-state index in [1.54, 1.807) is 0 Å². The molecule has 1 aromatic carbocycles. The minimum absolute atomic E-state index is 1.02. The molecule has 0 amide bonds. The number of benzene rings is 1. The Bertz CT molecular complexity index is 298. The zero-order chi connectivity index (χ0) is 8.27. The van der Waals surface area contributed by atoms with Crippen molar-refractivity contribution in [3.8, 4) is 11.8 Å². The zero-order valence-electron chi connectivity index (χ0n) is 5.99. The molecule has 1 rings (SSSR count). The summed E-state index contributed by atoms with van der Waals surface area (Å²) in [6.07, 6.45) is 0. The summed E-state index contributed by atoms with van der Waals surface area (Å²) in [7, 11) is 0. The van der Waals surface area contributed by atoms with Gasteiger partial charge in [-0.15, -0.1) is 5.92 Å². The average molecular weight is 274 g/mol. The third-order valence-electron chi connectivity index (χ3n) is 1.13. The van der Waals surface area contributed by atoms with Crippen molar-refractivity contribution in [2.45, 2.75) is 6.92 Å². The highest BCUT2D eigenvalue weighted by Crippen LogP contribution is 2.19. The first-order valence-electron chi connectivity index (χ1n) is 3.11. The van der Waals surface area contributed by atoms with Crippen molar-refractivity contribution in [1.29, 1.82) is 0 Å². The minimum Gasteiger partial charge on any atom is -0.101 e. The van der Waals surface area contributed by atoms with Gasteiger partial charge in [0.15, 0.2) is 0 Å². The van der Waals surface area contributed by atoms with E-state index < -0.39 is 0 Å². The van der Waals surface area contributed by atoms with Gasteiger partial charge in [0, 0.05) is 14.5 Å². The Balaban J connectivity index is 3.15. The Hall–Kier alpha value is -0.260. The lowest BCUT2D eigenvalue weighted by Crippen LogP contribution is -1.74. The first-order chi connectivity index (χ1) is 5.22. The highest BCUT2D eigenvalue weighted by Gasteiger charge is 1.92. The first-order valence-corrected chi connectivity index (χ1v) is 4.70. The summed E-state index contributed by atoms with van der Waals surface area (Å²) < 4.78 is 2.09. The largest absolute Gasteiger partial charge is 0.101 e. The van der Waals surface area contributed by atoms with Crippen molar-refractivity contribution in [1.82, 2.24) is 0 Å². The highest BCUT2D eigenvalue weighted by atomic mass is 79.9. The molecular weight excluding hydrogens is 268 g/mol. The summed E-state index contributed by atoms with van der Waals surface area (Å²) in [5.74, 6) is 5.83. The molecule has 0 fully saturated rings. The van der Waals surface area contributed by atoms with Gasteiger partial charge in [-0.05, 0) is 25.1 Å². The summed E-state index contributed by atoms with van der Waals surface area (Å²) in [5, 5.41) is 0. The average Bonchev–Trinajstić information content (AvgIpc) is 1.85. The molecule has 0 aliphatic carbocycles. The van der Waals surface area contributed by atoms with Crippen molar-refractivity contribution in [3.63, 3.8) is 0 Å². The van der Waals surface area contributed by atoms with Gasteiger partial charge in [-0.3, -0.25) is 0 Å². The van der Waals surface area contributed by atoms with Crippen LogP contribution in [0.2, 0.25) is 0 Å². The summed E-state index contributed by atoms with van der Waals surface area (Å²) in [4.78, 5) is 0. The molecule has 0 saturated heterocycles. The molecule has 0 radical (unpaired) electrons. The summed E-state index contributed by atoms with van der Waals surface area (Å²) in [6, 6.07) is 5.96. The fraction of sp³-hybridized carbons (Fsp3) is 0.111. The molecule has 0 atom stereocenters. The second kappa shape index (κ2) is 3.94. The lowest BCUT2D eigenvalue weighted by Gasteiger charge is -1.94. The number of rotatable bonds is 0. The standard InChI is InChI=1S/C9H6Br2/c1-2-3-7-4-8(10)6-9(11)5-7/h4-6H,1H3. The molecule has 0 N–H and O–H groups in total. The van der Waals surface area contributed by atoms with Crippen LogP contribution in [0.25, 0.3) is 0 Å². The predicted molar refractivity (Wildman–Crippen MR) is 54.4 cm³/mol. The van der Waals surface area contributed by atoms with Crippen LogP contribution < -0.4 is 0 Å². The maximum absolute atomic E-state index is 3.39. The molecular formula is C9H6Br2. The fourth-order valence-corrected chi connectivity index (χ4v) is 2.06. The van der Waals surface area contributed by atoms with Gasteiger partial charge in [-0.25, -0.2) is 0 Å². The Labute approximate surface area is 83.3 Å². The second-order valence-electron chi connectivity index (χ2n) is 2.03. The lowest BCUT2D eigenvalue weighted by atomic mass is 10.2. The van der Waals surface area contributed by atoms with E-state index in [-0.39, 0.29) is 0 Å². The van der Waals surface area contributed by atoms with E-state index in [0.717, 1.165) is 14.5 Å². The van der Waals surface area contributed by atoms with E-state index in [0.29, 0.717) is 0 Å². The Morgan fingerprint density at radius 3 is 2.09 bits per heavy atom. The predicted octanol–water partition coefficient (Wildman–Crippen LogP) is 3.58. The topological polar surface area (TPSA) is 0 Å². The van der Waals surface area contributed by atoms with Crippen LogP contribution in [0.5, 0.6) is 0 Å². The molecule has 56 valence electrons. The summed E-state index contributed by atoms with van der Waals surface area (Å²) in [6.45, 7) is 1.83. The van der Waals surface area contributed by atoms with Crippen LogP contribution >= 0.6 is 31.9 Å². The Kier molecular flexibility index (Phi) is 3.16. The molecule has 0 aromatic heterocycles. The molecule has 0 bridgehead atoms. The number of halogens is 2. The van der Waals surface area contributed by atoms with Crippen molar-refractivity contribution in [2.24, 2.45) is 0 Å². The molecule has 0 spiro atoms. The van der Waals surface area contributed by atoms with E-state index >= 15 is 0 Å². The van der Waals surface area contributed by atoms with Crippen molar-refractivity contribution >= 4 is 31.9 Å². The highest BCUT2D eigenvalue weighted by molar-refractivity contribution is 9.11. The van der Waals surface area contributed by atoms with Gasteiger partial charge >= 0.3 is 0 Å². The quantitative estimate of drug-likeness (QED) is 0.634. The van der Waals surface area contributed by atoms with Gasteiger partial charge in [-0.1, -0.05) is 37.8 Å². The minimum atomic E-state index is 1.02. The third-order valence-corrected chi connectivity index (χ3v) is 2.05. The van der Waals surface area contributed by atoms with Crippen molar-refractivity contribution in [3.05, 3.63) is 32.7 Å². The molecule has 1 aromatic rings. The molecule has 0 aliphatic rings. The molecule has 0 saturated carbocycles. The monoisotopic (exact) mass is 272 g/mol. The van der Waals surface area contributed by atoms with Gasteiger partial charge < -0.3 is 0 Å². The molecule has 0 unspecified atom stereocenters. The zero-order valence-corrected chi connectivity index (χ0v) is 9.16. The van der Waals surface area contributed by atoms with Crippen LogP contribution in [-0.2, 0) is 0 Å². The smallest absolute Gasteiger partial charge is 0.0267 e.